The number of rotatable bonds is 6. The number of hydrogen-bond donors (Lipinski definition) is 1. The topological polar surface area (TPSA) is 80.9 Å². The first-order chi connectivity index (χ1) is 7.62. The molecule has 1 rings (SSSR count). The van der Waals surface area contributed by atoms with Gasteiger partial charge in [-0.15, -0.1) is 5.10 Å². The molecule has 0 spiro atoms. The molecule has 1 aromatic heterocycles. The van der Waals surface area contributed by atoms with Gasteiger partial charge in [-0.25, -0.2) is 9.48 Å². The van der Waals surface area contributed by atoms with Crippen LogP contribution in [0.15, 0.2) is 0 Å². The van der Waals surface area contributed by atoms with Crippen LogP contribution in [0.5, 0.6) is 0 Å². The molecule has 0 fully saturated rings. The van der Waals surface area contributed by atoms with Crippen molar-refractivity contribution in [3.05, 3.63) is 5.82 Å². The molecule has 1 N–H and O–H groups in total. The van der Waals surface area contributed by atoms with Gasteiger partial charge in [0.1, 0.15) is 0 Å². The van der Waals surface area contributed by atoms with Gasteiger partial charge >= 0.3 is 5.97 Å². The van der Waals surface area contributed by atoms with E-state index in [1.165, 1.54) is 4.68 Å². The van der Waals surface area contributed by atoms with Crippen LogP contribution in [0.1, 0.15) is 45.9 Å². The standard InChI is InChI=1S/C10H18N4O2/c1-4-7-8-11-12-13-14(8)10(5-2,6-3)9(15)16/h4-7H2,1-3H3,(H,15,16). The second kappa shape index (κ2) is 5.05. The monoisotopic (exact) mass is 226 g/mol. The zero-order chi connectivity index (χ0) is 12.2. The van der Waals surface area contributed by atoms with Gasteiger partial charge in [-0.05, 0) is 29.7 Å². The number of carbonyl (C=O) groups is 1. The summed E-state index contributed by atoms with van der Waals surface area (Å²) in [5, 5.41) is 20.7. The third kappa shape index (κ3) is 1.91. The highest BCUT2D eigenvalue weighted by Crippen LogP contribution is 2.25. The molecular formula is C10H18N4O2. The molecule has 1 heterocycles. The molecule has 0 aliphatic heterocycles. The molecule has 0 saturated heterocycles. The normalized spacial score (nSPS) is 11.7. The summed E-state index contributed by atoms with van der Waals surface area (Å²) in [6.07, 6.45) is 2.53. The molecule has 0 radical (unpaired) electrons. The van der Waals surface area contributed by atoms with E-state index in [9.17, 15) is 9.90 Å². The minimum absolute atomic E-state index is 0.473. The van der Waals surface area contributed by atoms with Crippen LogP contribution in [0, 0.1) is 0 Å². The van der Waals surface area contributed by atoms with Crippen LogP contribution in [0.3, 0.4) is 0 Å². The molecule has 0 atom stereocenters. The molecule has 1 aromatic rings. The van der Waals surface area contributed by atoms with Gasteiger partial charge in [-0.2, -0.15) is 0 Å². The molecule has 0 aliphatic rings. The summed E-state index contributed by atoms with van der Waals surface area (Å²) in [5.74, 6) is -0.226. The lowest BCUT2D eigenvalue weighted by Crippen LogP contribution is -2.42. The first-order valence-electron chi connectivity index (χ1n) is 5.63. The smallest absolute Gasteiger partial charge is 0.331 e. The average Bonchev–Trinajstić information content (AvgIpc) is 2.70. The van der Waals surface area contributed by atoms with E-state index in [1.807, 2.05) is 20.8 Å². The van der Waals surface area contributed by atoms with Gasteiger partial charge in [0.2, 0.25) is 0 Å². The summed E-state index contributed by atoms with van der Waals surface area (Å²) < 4.78 is 1.47. The molecule has 0 unspecified atom stereocenters. The van der Waals surface area contributed by atoms with E-state index in [2.05, 4.69) is 15.5 Å². The van der Waals surface area contributed by atoms with E-state index in [0.717, 1.165) is 6.42 Å². The molecule has 16 heavy (non-hydrogen) atoms. The maximum absolute atomic E-state index is 11.4. The van der Waals surface area contributed by atoms with Crippen molar-refractivity contribution in [1.29, 1.82) is 0 Å². The minimum atomic E-state index is -1.01. The van der Waals surface area contributed by atoms with Gasteiger partial charge in [0.05, 0.1) is 0 Å². The molecule has 90 valence electrons. The molecule has 0 saturated carbocycles. The van der Waals surface area contributed by atoms with E-state index >= 15 is 0 Å². The Morgan fingerprint density at radius 2 is 2.00 bits per heavy atom. The molecule has 0 aliphatic carbocycles. The van der Waals surface area contributed by atoms with Crippen LogP contribution in [0.2, 0.25) is 0 Å². The number of nitrogens with zero attached hydrogens (tertiary/aromatic N) is 4. The van der Waals surface area contributed by atoms with Crippen molar-refractivity contribution in [2.24, 2.45) is 0 Å². The first-order valence-corrected chi connectivity index (χ1v) is 5.63. The second-order valence-electron chi connectivity index (χ2n) is 3.80. The molecule has 0 bridgehead atoms. The van der Waals surface area contributed by atoms with Crippen LogP contribution >= 0.6 is 0 Å². The number of carboxylic acids is 1. The Balaban J connectivity index is 3.20. The van der Waals surface area contributed by atoms with E-state index in [-0.39, 0.29) is 0 Å². The van der Waals surface area contributed by atoms with Crippen LogP contribution in [0.25, 0.3) is 0 Å². The molecule has 6 heteroatoms. The third-order valence-electron chi connectivity index (χ3n) is 2.98. The first kappa shape index (κ1) is 12.6. The average molecular weight is 226 g/mol. The van der Waals surface area contributed by atoms with Gasteiger partial charge in [0.15, 0.2) is 11.4 Å². The summed E-state index contributed by atoms with van der Waals surface area (Å²) in [7, 11) is 0. The maximum atomic E-state index is 11.4. The van der Waals surface area contributed by atoms with Crippen molar-refractivity contribution < 1.29 is 9.90 Å². The zero-order valence-corrected chi connectivity index (χ0v) is 9.97. The lowest BCUT2D eigenvalue weighted by atomic mass is 9.93. The number of aromatic nitrogens is 4. The Hall–Kier alpha value is -1.46. The molecule has 6 nitrogen and oxygen atoms in total. The lowest BCUT2D eigenvalue weighted by Gasteiger charge is -2.27. The van der Waals surface area contributed by atoms with Crippen LogP contribution in [-0.2, 0) is 16.8 Å². The Bertz CT molecular complexity index is 357. The fourth-order valence-corrected chi connectivity index (χ4v) is 1.86. The maximum Gasteiger partial charge on any atom is 0.331 e. The summed E-state index contributed by atoms with van der Waals surface area (Å²) in [5.41, 5.74) is -1.01. The highest BCUT2D eigenvalue weighted by Gasteiger charge is 2.39. The number of tetrazole rings is 1. The lowest BCUT2D eigenvalue weighted by molar-refractivity contribution is -0.148. The minimum Gasteiger partial charge on any atom is -0.479 e. The Labute approximate surface area is 94.7 Å². The van der Waals surface area contributed by atoms with E-state index in [0.29, 0.717) is 25.1 Å². The van der Waals surface area contributed by atoms with Gasteiger partial charge < -0.3 is 5.11 Å². The summed E-state index contributed by atoms with van der Waals surface area (Å²) >= 11 is 0. The van der Waals surface area contributed by atoms with Crippen molar-refractivity contribution in [2.75, 3.05) is 0 Å². The zero-order valence-electron chi connectivity index (χ0n) is 9.97. The fraction of sp³-hybridized carbons (Fsp3) is 0.800. The predicted molar refractivity (Wildman–Crippen MR) is 58.0 cm³/mol. The quantitative estimate of drug-likeness (QED) is 0.788. The van der Waals surface area contributed by atoms with Crippen molar-refractivity contribution >= 4 is 5.97 Å². The second-order valence-corrected chi connectivity index (χ2v) is 3.80. The number of aliphatic carboxylic acids is 1. The van der Waals surface area contributed by atoms with Crippen LogP contribution < -0.4 is 0 Å². The number of hydrogen-bond acceptors (Lipinski definition) is 4. The SMILES string of the molecule is CCCc1nnnn1C(CC)(CC)C(=O)O. The summed E-state index contributed by atoms with van der Waals surface area (Å²) in [6.45, 7) is 5.70. The molecule has 0 aromatic carbocycles. The third-order valence-corrected chi connectivity index (χ3v) is 2.98. The van der Waals surface area contributed by atoms with E-state index in [1.54, 1.807) is 0 Å². The Morgan fingerprint density at radius 1 is 1.38 bits per heavy atom. The van der Waals surface area contributed by atoms with Gasteiger partial charge in [0, 0.05) is 6.42 Å². The number of aryl methyl sites for hydroxylation is 1. The highest BCUT2D eigenvalue weighted by atomic mass is 16.4. The van der Waals surface area contributed by atoms with Gasteiger partial charge in [-0.1, -0.05) is 20.8 Å². The van der Waals surface area contributed by atoms with Gasteiger partial charge in [0.25, 0.3) is 0 Å². The Kier molecular flexibility index (Phi) is 3.98. The molecule has 0 amide bonds. The van der Waals surface area contributed by atoms with E-state index in [4.69, 9.17) is 0 Å². The Morgan fingerprint density at radius 3 is 2.44 bits per heavy atom. The summed E-state index contributed by atoms with van der Waals surface area (Å²) in [4.78, 5) is 11.4. The van der Waals surface area contributed by atoms with Crippen molar-refractivity contribution in [3.63, 3.8) is 0 Å². The van der Waals surface area contributed by atoms with Crippen LogP contribution in [0.4, 0.5) is 0 Å². The highest BCUT2D eigenvalue weighted by molar-refractivity contribution is 5.76. The van der Waals surface area contributed by atoms with Crippen molar-refractivity contribution in [2.45, 2.75) is 52.0 Å². The largest absolute Gasteiger partial charge is 0.479 e. The molecular weight excluding hydrogens is 208 g/mol. The fourth-order valence-electron chi connectivity index (χ4n) is 1.86. The van der Waals surface area contributed by atoms with E-state index < -0.39 is 11.5 Å². The van der Waals surface area contributed by atoms with Crippen molar-refractivity contribution in [1.82, 2.24) is 20.2 Å². The predicted octanol–water partition coefficient (Wildman–Crippen LogP) is 1.23. The van der Waals surface area contributed by atoms with Gasteiger partial charge in [-0.3, -0.25) is 0 Å². The van der Waals surface area contributed by atoms with Crippen molar-refractivity contribution in [3.8, 4) is 0 Å². The van der Waals surface area contributed by atoms with Crippen LogP contribution in [-0.4, -0.2) is 31.3 Å². The number of carboxylic acid groups (broad SMARTS) is 1. The summed E-state index contributed by atoms with van der Waals surface area (Å²) in [6, 6.07) is 0.